The van der Waals surface area contributed by atoms with Crippen LogP contribution in [0.4, 0.5) is 5.13 Å². The van der Waals surface area contributed by atoms with E-state index in [1.165, 1.54) is 17.4 Å². The Bertz CT molecular complexity index is 1010. The van der Waals surface area contributed by atoms with Gasteiger partial charge in [0.05, 0.1) is 28.5 Å². The number of pyridine rings is 1. The number of nitrogens with one attached hydrogen (secondary N) is 2. The summed E-state index contributed by atoms with van der Waals surface area (Å²) in [4.78, 5) is 31.8. The predicted octanol–water partition coefficient (Wildman–Crippen LogP) is 6.07. The molecule has 0 bridgehead atoms. The summed E-state index contributed by atoms with van der Waals surface area (Å²) in [5.41, 5.74) is 1.70. The number of aromatic nitrogens is 2. The molecule has 158 valence electrons. The topological polar surface area (TPSA) is 84.1 Å². The van der Waals surface area contributed by atoms with Gasteiger partial charge in [0, 0.05) is 22.8 Å². The number of ether oxygens (including phenoxy) is 1. The summed E-state index contributed by atoms with van der Waals surface area (Å²) >= 11 is 4.78. The lowest BCUT2D eigenvalue weighted by Gasteiger charge is -2.08. The van der Waals surface area contributed by atoms with Crippen molar-refractivity contribution in [1.29, 1.82) is 0 Å². The molecule has 0 saturated heterocycles. The Balaban J connectivity index is 0.000000989. The average molecular weight is 482 g/mol. The van der Waals surface area contributed by atoms with Gasteiger partial charge in [0.1, 0.15) is 5.75 Å². The summed E-state index contributed by atoms with van der Waals surface area (Å²) in [7, 11) is 1.57. The number of nitrogens with zero attached hydrogens (tertiary/aromatic N) is 1. The van der Waals surface area contributed by atoms with Gasteiger partial charge in [-0.2, -0.15) is 0 Å². The molecule has 8 heteroatoms. The summed E-state index contributed by atoms with van der Waals surface area (Å²) in [5.74, 6) is 0.403. The third-order valence-corrected chi connectivity index (χ3v) is 5.21. The maximum absolute atomic E-state index is 12.4. The van der Waals surface area contributed by atoms with Crippen LogP contribution in [0.3, 0.4) is 0 Å². The largest absolute Gasteiger partial charge is 0.495 e. The van der Waals surface area contributed by atoms with E-state index >= 15 is 0 Å². The van der Waals surface area contributed by atoms with Crippen molar-refractivity contribution < 1.29 is 9.53 Å². The number of H-pyrrole nitrogens is 1. The molecule has 0 aliphatic heterocycles. The van der Waals surface area contributed by atoms with E-state index < -0.39 is 0 Å². The van der Waals surface area contributed by atoms with Crippen molar-refractivity contribution in [2.75, 3.05) is 12.4 Å². The lowest BCUT2D eigenvalue weighted by Crippen LogP contribution is -2.17. The van der Waals surface area contributed by atoms with Gasteiger partial charge in [0.2, 0.25) is 5.91 Å². The van der Waals surface area contributed by atoms with Gasteiger partial charge in [-0.25, -0.2) is 4.98 Å². The molecule has 0 aliphatic carbocycles. The Morgan fingerprint density at radius 3 is 2.48 bits per heavy atom. The van der Waals surface area contributed by atoms with E-state index in [0.29, 0.717) is 37.6 Å². The number of hydrogen-bond donors (Lipinski definition) is 2. The molecule has 0 spiro atoms. The second kappa shape index (κ2) is 11.7. The Morgan fingerprint density at radius 2 is 1.90 bits per heavy atom. The van der Waals surface area contributed by atoms with Gasteiger partial charge in [-0.1, -0.05) is 41.5 Å². The van der Waals surface area contributed by atoms with Gasteiger partial charge in [0.25, 0.3) is 0 Å². The highest BCUT2D eigenvalue weighted by atomic mass is 79.9. The molecule has 2 aromatic heterocycles. The van der Waals surface area contributed by atoms with Gasteiger partial charge in [0.15, 0.2) is 10.6 Å². The fourth-order valence-corrected chi connectivity index (χ4v) is 3.58. The molecule has 0 radical (unpaired) electrons. The van der Waals surface area contributed by atoms with Crippen LogP contribution in [0.2, 0.25) is 0 Å². The second-order valence-electron chi connectivity index (χ2n) is 5.73. The number of anilines is 1. The van der Waals surface area contributed by atoms with E-state index in [1.807, 2.05) is 41.5 Å². The summed E-state index contributed by atoms with van der Waals surface area (Å²) in [6.07, 6.45) is 0. The van der Waals surface area contributed by atoms with Gasteiger partial charge < -0.3 is 15.0 Å². The van der Waals surface area contributed by atoms with Crippen molar-refractivity contribution in [2.24, 2.45) is 5.92 Å². The zero-order chi connectivity index (χ0) is 22.1. The van der Waals surface area contributed by atoms with Crippen molar-refractivity contribution >= 4 is 49.2 Å². The van der Waals surface area contributed by atoms with Crippen molar-refractivity contribution in [2.45, 2.75) is 41.5 Å². The summed E-state index contributed by atoms with van der Waals surface area (Å²) in [5, 5.41) is 5.61. The minimum Gasteiger partial charge on any atom is -0.495 e. The maximum atomic E-state index is 12.4. The fourth-order valence-electron chi connectivity index (χ4n) is 2.26. The molecular formula is C21H28BrN3O3S. The van der Waals surface area contributed by atoms with Crippen LogP contribution in [0, 0.1) is 5.92 Å². The number of carbonyl (C=O) groups is 1. The van der Waals surface area contributed by atoms with Gasteiger partial charge in [-0.05, 0) is 28.1 Å². The van der Waals surface area contributed by atoms with Crippen LogP contribution in [0.1, 0.15) is 41.5 Å². The molecule has 29 heavy (non-hydrogen) atoms. The molecule has 3 aromatic rings. The van der Waals surface area contributed by atoms with E-state index in [2.05, 4.69) is 31.2 Å². The molecule has 1 aromatic carbocycles. The highest BCUT2D eigenvalue weighted by molar-refractivity contribution is 9.10. The predicted molar refractivity (Wildman–Crippen MR) is 126 cm³/mol. The highest BCUT2D eigenvalue weighted by Crippen LogP contribution is 2.32. The summed E-state index contributed by atoms with van der Waals surface area (Å²) in [6, 6.07) is 4.96. The van der Waals surface area contributed by atoms with Crippen molar-refractivity contribution in [3.63, 3.8) is 0 Å². The first-order valence-corrected chi connectivity index (χ1v) is 11.2. The molecule has 0 aliphatic rings. The zero-order valence-electron chi connectivity index (χ0n) is 17.8. The lowest BCUT2D eigenvalue weighted by molar-refractivity contribution is -0.118. The molecule has 0 saturated carbocycles. The standard InChI is InChI=1S/C17H16BrN3O3S.2C2H6/c1-8(2)16(23)21-17-20-11(7-25-17)10-6-12(22)9-4-5-13(24-3)14(18)15(9)19-10;2*1-2/h4-8H,1-3H3,(H,19,22)(H,20,21,23);2*1-2H3. The SMILES string of the molecule is CC.CC.COc1ccc2c(=O)cc(-c3csc(NC(=O)C(C)C)n3)[nH]c2c1Br. The minimum atomic E-state index is -0.128. The first-order chi connectivity index (χ1) is 13.9. The van der Waals surface area contributed by atoms with Crippen LogP contribution in [0.25, 0.3) is 22.3 Å². The Morgan fingerprint density at radius 1 is 1.24 bits per heavy atom. The number of fused-ring (bicyclic) bond motifs is 1. The Hall–Kier alpha value is -2.19. The molecule has 6 nitrogen and oxygen atoms in total. The molecular weight excluding hydrogens is 454 g/mol. The van der Waals surface area contributed by atoms with Crippen LogP contribution in [0.5, 0.6) is 5.75 Å². The fraction of sp³-hybridized carbons (Fsp3) is 0.381. The number of methoxy groups -OCH3 is 1. The van der Waals surface area contributed by atoms with E-state index in [4.69, 9.17) is 4.74 Å². The van der Waals surface area contributed by atoms with Crippen LogP contribution in [-0.4, -0.2) is 23.0 Å². The number of rotatable bonds is 4. The number of benzene rings is 1. The lowest BCUT2D eigenvalue weighted by atomic mass is 10.1. The molecule has 2 heterocycles. The molecule has 0 unspecified atom stereocenters. The zero-order valence-corrected chi connectivity index (χ0v) is 20.2. The normalized spacial score (nSPS) is 9.97. The second-order valence-corrected chi connectivity index (χ2v) is 7.38. The third-order valence-electron chi connectivity index (χ3n) is 3.66. The Labute approximate surface area is 183 Å². The van der Waals surface area contributed by atoms with E-state index in [9.17, 15) is 9.59 Å². The average Bonchev–Trinajstić information content (AvgIpc) is 3.20. The van der Waals surface area contributed by atoms with E-state index in [0.717, 1.165) is 0 Å². The number of thiazole rings is 1. The van der Waals surface area contributed by atoms with Gasteiger partial charge in [-0.15, -0.1) is 11.3 Å². The molecule has 0 atom stereocenters. The smallest absolute Gasteiger partial charge is 0.228 e. The van der Waals surface area contributed by atoms with E-state index in [-0.39, 0.29) is 17.3 Å². The minimum absolute atomic E-state index is 0.0969. The van der Waals surface area contributed by atoms with Crippen LogP contribution in [0.15, 0.2) is 32.8 Å². The van der Waals surface area contributed by atoms with Crippen molar-refractivity contribution in [1.82, 2.24) is 9.97 Å². The first kappa shape index (κ1) is 24.8. The molecule has 3 rings (SSSR count). The Kier molecular flexibility index (Phi) is 10.0. The summed E-state index contributed by atoms with van der Waals surface area (Å²) < 4.78 is 5.95. The van der Waals surface area contributed by atoms with Crippen LogP contribution >= 0.6 is 27.3 Å². The van der Waals surface area contributed by atoms with Gasteiger partial charge >= 0.3 is 0 Å². The monoisotopic (exact) mass is 481 g/mol. The van der Waals surface area contributed by atoms with Crippen molar-refractivity contribution in [3.8, 4) is 17.1 Å². The highest BCUT2D eigenvalue weighted by Gasteiger charge is 2.14. The number of carbonyl (C=O) groups excluding carboxylic acids is 1. The van der Waals surface area contributed by atoms with Crippen LogP contribution < -0.4 is 15.5 Å². The quantitative estimate of drug-likeness (QED) is 0.473. The number of hydrogen-bond acceptors (Lipinski definition) is 5. The van der Waals surface area contributed by atoms with Gasteiger partial charge in [-0.3, -0.25) is 9.59 Å². The number of halogens is 1. The van der Waals surface area contributed by atoms with Crippen molar-refractivity contribution in [3.05, 3.63) is 38.3 Å². The summed E-state index contributed by atoms with van der Waals surface area (Å²) in [6.45, 7) is 11.6. The van der Waals surface area contributed by atoms with E-state index in [1.54, 1.807) is 24.6 Å². The number of amides is 1. The third kappa shape index (κ3) is 5.90. The molecule has 0 fully saturated rings. The first-order valence-electron chi connectivity index (χ1n) is 9.57. The molecule has 2 N–H and O–H groups in total. The number of aromatic amines is 1. The maximum Gasteiger partial charge on any atom is 0.228 e. The molecule has 1 amide bonds. The van der Waals surface area contributed by atoms with Crippen LogP contribution in [-0.2, 0) is 4.79 Å².